The fourth-order valence-electron chi connectivity index (χ4n) is 4.34. The second-order valence-corrected chi connectivity index (χ2v) is 9.39. The van der Waals surface area contributed by atoms with Crippen LogP contribution >= 0.6 is 0 Å². The number of carbonyl (C=O) groups excluding carboxylic acids is 1. The van der Waals surface area contributed by atoms with Gasteiger partial charge >= 0.3 is 6.03 Å². The summed E-state index contributed by atoms with van der Waals surface area (Å²) >= 11 is 0. The minimum Gasteiger partial charge on any atom is -0.491 e. The molecule has 8 heteroatoms. The molecule has 1 aliphatic heterocycles. The Labute approximate surface area is 208 Å². The van der Waals surface area contributed by atoms with E-state index in [2.05, 4.69) is 34.3 Å². The van der Waals surface area contributed by atoms with Crippen molar-refractivity contribution in [1.29, 1.82) is 0 Å². The zero-order chi connectivity index (χ0) is 25.4. The minimum atomic E-state index is -0.609. The highest BCUT2D eigenvalue weighted by Crippen LogP contribution is 2.29. The minimum absolute atomic E-state index is 0. The quantitative estimate of drug-likeness (QED) is 0.358. The molecule has 1 aliphatic rings. The summed E-state index contributed by atoms with van der Waals surface area (Å²) in [7, 11) is 0. The first-order valence-corrected chi connectivity index (χ1v) is 12.2. The van der Waals surface area contributed by atoms with Gasteiger partial charge in [-0.05, 0) is 76.4 Å². The molecule has 0 aliphatic carbocycles. The van der Waals surface area contributed by atoms with Gasteiger partial charge in [0.2, 0.25) is 0 Å². The Hall–Kier alpha value is -3.00. The fourth-order valence-corrected chi connectivity index (χ4v) is 4.34. The van der Waals surface area contributed by atoms with E-state index in [4.69, 9.17) is 4.74 Å². The lowest BCUT2D eigenvalue weighted by molar-refractivity contribution is 0.137. The van der Waals surface area contributed by atoms with E-state index in [-0.39, 0.29) is 19.6 Å². The first-order valence-electron chi connectivity index (χ1n) is 12.2. The molecule has 3 atom stereocenters. The Morgan fingerprint density at radius 2 is 2.06 bits per heavy atom. The number of carbonyl (C=O) groups is 1. The van der Waals surface area contributed by atoms with Crippen LogP contribution in [-0.4, -0.2) is 54.7 Å². The van der Waals surface area contributed by atoms with Crippen LogP contribution in [0.25, 0.3) is 0 Å². The highest BCUT2D eigenvalue weighted by Gasteiger charge is 2.33. The highest BCUT2D eigenvalue weighted by atomic mass is 19.1. The lowest BCUT2D eigenvalue weighted by Gasteiger charge is -2.42. The number of ether oxygens (including phenoxy) is 1. The molecule has 0 radical (unpaired) electrons. The summed E-state index contributed by atoms with van der Waals surface area (Å²) in [4.78, 5) is 21.1. The number of nitrogens with zero attached hydrogens (tertiary/aromatic N) is 3. The number of hydrogen-bond donors (Lipinski definition) is 1. The second kappa shape index (κ2) is 12.6. The third kappa shape index (κ3) is 7.75. The van der Waals surface area contributed by atoms with Gasteiger partial charge < -0.3 is 4.74 Å². The normalized spacial score (nSPS) is 19.6. The molecule has 2 aromatic rings. The Balaban J connectivity index is 0.00000456. The number of alkyl halides is 1. The van der Waals surface area contributed by atoms with Crippen LogP contribution in [0.3, 0.4) is 0 Å². The Morgan fingerprint density at radius 3 is 2.74 bits per heavy atom. The summed E-state index contributed by atoms with van der Waals surface area (Å²) in [5, 5.41) is 2.63. The van der Waals surface area contributed by atoms with Crippen LogP contribution in [0.1, 0.15) is 47.5 Å². The van der Waals surface area contributed by atoms with Crippen molar-refractivity contribution in [2.45, 2.75) is 71.3 Å². The molecule has 0 aromatic heterocycles. The van der Waals surface area contributed by atoms with Gasteiger partial charge in [-0.3, -0.25) is 20.1 Å². The number of halogens is 2. The second-order valence-electron chi connectivity index (χ2n) is 9.39. The summed E-state index contributed by atoms with van der Waals surface area (Å²) < 4.78 is 32.5. The summed E-state index contributed by atoms with van der Waals surface area (Å²) in [6.07, 6.45) is 2.80. The van der Waals surface area contributed by atoms with Crippen LogP contribution in [-0.2, 0) is 6.54 Å². The molecular formula is C27H38F2N4O2. The van der Waals surface area contributed by atoms with E-state index in [0.29, 0.717) is 5.69 Å². The molecule has 2 aromatic carbocycles. The van der Waals surface area contributed by atoms with Gasteiger partial charge in [0.1, 0.15) is 18.2 Å². The Bertz CT molecular complexity index is 1010. The lowest BCUT2D eigenvalue weighted by Crippen LogP contribution is -2.53. The molecule has 3 rings (SSSR count). The first-order chi connectivity index (χ1) is 16.8. The van der Waals surface area contributed by atoms with Gasteiger partial charge in [-0.15, -0.1) is 0 Å². The number of urea groups is 1. The fraction of sp³-hybridized carbons (Fsp3) is 0.481. The van der Waals surface area contributed by atoms with Crippen molar-refractivity contribution in [3.05, 3.63) is 59.9 Å². The molecule has 0 bridgehead atoms. The molecule has 192 valence electrons. The Kier molecular flexibility index (Phi) is 9.60. The van der Waals surface area contributed by atoms with Crippen molar-refractivity contribution >= 4 is 18.1 Å². The van der Waals surface area contributed by atoms with Crippen LogP contribution < -0.4 is 15.0 Å². The molecule has 1 fully saturated rings. The van der Waals surface area contributed by atoms with E-state index in [0.717, 1.165) is 31.7 Å². The average molecular weight is 489 g/mol. The van der Waals surface area contributed by atoms with E-state index in [1.807, 2.05) is 26.0 Å². The number of nitrogens with one attached hydrogen (secondary N) is 1. The number of hydrogen-bond acceptors (Lipinski definition) is 4. The SMILES string of the molecule is CC(CF)N=CNC(=O)N(c1cccc(F)c1)[C@@H]1CCN(Cc2cccc(OC(C)C)c2)[C@@H](C)C1.[HH]. The largest absolute Gasteiger partial charge is 0.491 e. The first kappa shape index (κ1) is 26.6. The van der Waals surface area contributed by atoms with E-state index in [1.165, 1.54) is 24.0 Å². The maximum Gasteiger partial charge on any atom is 0.327 e. The summed E-state index contributed by atoms with van der Waals surface area (Å²) in [5.74, 6) is 0.451. The number of anilines is 1. The van der Waals surface area contributed by atoms with Gasteiger partial charge in [-0.25, -0.2) is 13.6 Å². The zero-order valence-electron chi connectivity index (χ0n) is 21.0. The molecule has 6 nitrogen and oxygen atoms in total. The molecule has 2 amide bonds. The number of aliphatic imine (C=N–C) groups is 1. The maximum absolute atomic E-state index is 14.0. The predicted molar refractivity (Wildman–Crippen MR) is 139 cm³/mol. The van der Waals surface area contributed by atoms with E-state index in [1.54, 1.807) is 24.0 Å². The van der Waals surface area contributed by atoms with E-state index in [9.17, 15) is 13.6 Å². The van der Waals surface area contributed by atoms with Crippen molar-refractivity contribution in [1.82, 2.24) is 10.2 Å². The van der Waals surface area contributed by atoms with Crippen LogP contribution in [0.5, 0.6) is 5.75 Å². The molecule has 1 saturated heterocycles. The lowest BCUT2D eigenvalue weighted by atomic mass is 9.95. The van der Waals surface area contributed by atoms with Crippen LogP contribution in [0.15, 0.2) is 53.5 Å². The number of likely N-dealkylation sites (tertiary alicyclic amines) is 1. The zero-order valence-corrected chi connectivity index (χ0v) is 21.0. The smallest absolute Gasteiger partial charge is 0.327 e. The monoisotopic (exact) mass is 488 g/mol. The molecule has 1 N–H and O–H groups in total. The van der Waals surface area contributed by atoms with Gasteiger partial charge in [-0.1, -0.05) is 18.2 Å². The molecule has 1 unspecified atom stereocenters. The predicted octanol–water partition coefficient (Wildman–Crippen LogP) is 5.81. The number of rotatable bonds is 9. The van der Waals surface area contributed by atoms with Crippen molar-refractivity contribution in [2.75, 3.05) is 18.1 Å². The van der Waals surface area contributed by atoms with E-state index >= 15 is 0 Å². The molecule has 1 heterocycles. The summed E-state index contributed by atoms with van der Waals surface area (Å²) in [6, 6.07) is 13.3. The Morgan fingerprint density at radius 1 is 1.29 bits per heavy atom. The van der Waals surface area contributed by atoms with Gasteiger partial charge in [0.15, 0.2) is 0 Å². The van der Waals surface area contributed by atoms with Gasteiger partial charge in [0.05, 0.1) is 18.5 Å². The van der Waals surface area contributed by atoms with E-state index < -0.39 is 24.6 Å². The maximum atomic E-state index is 14.0. The standard InChI is InChI=1S/C27H36F2N4O2.H2/c1-19(2)35-26-10-5-7-22(14-26)17-32-12-11-25(13-21(32)4)33(24-9-6-8-23(29)15-24)27(34)31-18-30-20(3)16-28;/h5-10,14-15,18-21,25H,11-13,16-17H2,1-4H3,(H,30,31,34);1H/t20?,21-,25+;/m0./s1. The number of benzene rings is 2. The van der Waals surface area contributed by atoms with Crippen LogP contribution in [0.2, 0.25) is 0 Å². The van der Waals surface area contributed by atoms with Crippen molar-refractivity contribution in [3.63, 3.8) is 0 Å². The number of amides is 2. The molecule has 0 spiro atoms. The molecule has 0 saturated carbocycles. The molecule has 35 heavy (non-hydrogen) atoms. The van der Waals surface area contributed by atoms with Gasteiger partial charge in [-0.2, -0.15) is 0 Å². The van der Waals surface area contributed by atoms with Crippen molar-refractivity contribution in [2.24, 2.45) is 4.99 Å². The van der Waals surface area contributed by atoms with Crippen molar-refractivity contribution in [3.8, 4) is 5.75 Å². The average Bonchev–Trinajstić information content (AvgIpc) is 2.81. The highest BCUT2D eigenvalue weighted by molar-refractivity contribution is 5.98. The van der Waals surface area contributed by atoms with Crippen LogP contribution in [0, 0.1) is 5.82 Å². The van der Waals surface area contributed by atoms with Gasteiger partial charge in [0, 0.05) is 32.3 Å². The van der Waals surface area contributed by atoms with Gasteiger partial charge in [0.25, 0.3) is 0 Å². The summed E-state index contributed by atoms with van der Waals surface area (Å²) in [5.41, 5.74) is 1.66. The molecular weight excluding hydrogens is 450 g/mol. The van der Waals surface area contributed by atoms with Crippen LogP contribution in [0.4, 0.5) is 19.3 Å². The van der Waals surface area contributed by atoms with Crippen molar-refractivity contribution < 1.29 is 19.7 Å². The topological polar surface area (TPSA) is 57.2 Å². The third-order valence-corrected chi connectivity index (χ3v) is 6.05. The summed E-state index contributed by atoms with van der Waals surface area (Å²) in [6.45, 7) is 8.74. The number of piperidine rings is 1. The third-order valence-electron chi connectivity index (χ3n) is 6.05.